The average Bonchev–Trinajstić information content (AvgIpc) is 2.87. The Bertz CT molecular complexity index is 229. The summed E-state index contributed by atoms with van der Waals surface area (Å²) in [5.41, 5.74) is 4.92. The van der Waals surface area contributed by atoms with E-state index in [0.29, 0.717) is 12.0 Å². The number of carbonyl (C=O) groups excluding carboxylic acids is 1. The summed E-state index contributed by atoms with van der Waals surface area (Å²) in [6.45, 7) is 6.28. The van der Waals surface area contributed by atoms with Crippen LogP contribution in [0.1, 0.15) is 33.6 Å². The maximum Gasteiger partial charge on any atom is 0.238 e. The normalized spacial score (nSPS) is 20.3. The highest BCUT2D eigenvalue weighted by molar-refractivity contribution is 7.99. The number of hydrogen-bond donors (Lipinski definition) is 2. The third-order valence-corrected chi connectivity index (χ3v) is 4.17. The number of nitrogens with two attached hydrogens (primary N) is 1. The third-order valence-electron chi connectivity index (χ3n) is 2.49. The Hall–Kier alpha value is -0.220. The van der Waals surface area contributed by atoms with Crippen LogP contribution in [-0.2, 0) is 4.79 Å². The molecule has 0 radical (unpaired) electrons. The second kappa shape index (κ2) is 5.21. The highest BCUT2D eigenvalue weighted by Crippen LogP contribution is 2.24. The molecule has 1 fully saturated rings. The van der Waals surface area contributed by atoms with Crippen molar-refractivity contribution in [3.8, 4) is 0 Å². The topological polar surface area (TPSA) is 55.1 Å². The lowest BCUT2D eigenvalue weighted by Crippen LogP contribution is -2.56. The van der Waals surface area contributed by atoms with Crippen LogP contribution in [0.2, 0.25) is 0 Å². The molecule has 3 N–H and O–H groups in total. The minimum Gasteiger partial charge on any atom is -0.368 e. The molecule has 0 bridgehead atoms. The molecule has 15 heavy (non-hydrogen) atoms. The van der Waals surface area contributed by atoms with Crippen LogP contribution in [0.3, 0.4) is 0 Å². The van der Waals surface area contributed by atoms with E-state index in [0.717, 1.165) is 11.5 Å². The smallest absolute Gasteiger partial charge is 0.238 e. The van der Waals surface area contributed by atoms with Crippen molar-refractivity contribution in [2.45, 2.75) is 45.2 Å². The molecule has 1 amide bonds. The third kappa shape index (κ3) is 4.43. The summed E-state index contributed by atoms with van der Waals surface area (Å²) in [5, 5.41) is 3.35. The fourth-order valence-corrected chi connectivity index (χ4v) is 2.58. The van der Waals surface area contributed by atoms with E-state index in [1.54, 1.807) is 11.8 Å². The van der Waals surface area contributed by atoms with E-state index in [2.05, 4.69) is 19.2 Å². The van der Waals surface area contributed by atoms with Crippen molar-refractivity contribution in [2.75, 3.05) is 11.5 Å². The van der Waals surface area contributed by atoms with E-state index in [1.165, 1.54) is 12.8 Å². The van der Waals surface area contributed by atoms with Crippen LogP contribution in [0, 0.1) is 5.92 Å². The van der Waals surface area contributed by atoms with Crippen LogP contribution in [0.5, 0.6) is 0 Å². The summed E-state index contributed by atoms with van der Waals surface area (Å²) in [6, 6.07) is 0.516. The van der Waals surface area contributed by atoms with Crippen LogP contribution in [0.15, 0.2) is 0 Å². The van der Waals surface area contributed by atoms with Crippen LogP contribution in [0.4, 0.5) is 0 Å². The molecule has 0 saturated heterocycles. The first-order chi connectivity index (χ1) is 6.94. The number of primary amides is 1. The molecule has 1 aliphatic carbocycles. The molecule has 0 aromatic heterocycles. The van der Waals surface area contributed by atoms with Crippen LogP contribution in [0.25, 0.3) is 0 Å². The monoisotopic (exact) mass is 230 g/mol. The summed E-state index contributed by atoms with van der Waals surface area (Å²) in [7, 11) is 0. The largest absolute Gasteiger partial charge is 0.368 e. The zero-order chi connectivity index (χ0) is 11.5. The van der Waals surface area contributed by atoms with Crippen molar-refractivity contribution in [1.29, 1.82) is 0 Å². The molecule has 1 atom stereocenters. The zero-order valence-corrected chi connectivity index (χ0v) is 10.7. The first-order valence-corrected chi connectivity index (χ1v) is 6.75. The molecule has 4 heteroatoms. The molecule has 0 heterocycles. The van der Waals surface area contributed by atoms with Crippen LogP contribution >= 0.6 is 11.8 Å². The van der Waals surface area contributed by atoms with Gasteiger partial charge in [0.05, 0.1) is 0 Å². The van der Waals surface area contributed by atoms with Gasteiger partial charge in [0.2, 0.25) is 5.91 Å². The summed E-state index contributed by atoms with van der Waals surface area (Å²) in [4.78, 5) is 11.4. The Kier molecular flexibility index (Phi) is 4.46. The molecule has 1 saturated carbocycles. The molecule has 0 aromatic rings. The van der Waals surface area contributed by atoms with Crippen molar-refractivity contribution in [3.63, 3.8) is 0 Å². The van der Waals surface area contributed by atoms with Crippen LogP contribution in [-0.4, -0.2) is 29.0 Å². The minimum atomic E-state index is -0.527. The molecule has 0 aromatic carbocycles. The highest BCUT2D eigenvalue weighted by Gasteiger charge is 2.36. The fourth-order valence-electron chi connectivity index (χ4n) is 1.36. The van der Waals surface area contributed by atoms with E-state index >= 15 is 0 Å². The van der Waals surface area contributed by atoms with E-state index in [9.17, 15) is 4.79 Å². The number of nitrogens with one attached hydrogen (secondary N) is 1. The minimum absolute atomic E-state index is 0.231. The van der Waals surface area contributed by atoms with Crippen LogP contribution < -0.4 is 11.1 Å². The van der Waals surface area contributed by atoms with Crippen molar-refractivity contribution in [3.05, 3.63) is 0 Å². The summed E-state index contributed by atoms with van der Waals surface area (Å²) in [5.74, 6) is 2.28. The number of rotatable bonds is 7. The lowest BCUT2D eigenvalue weighted by atomic mass is 10.1. The van der Waals surface area contributed by atoms with E-state index in [-0.39, 0.29) is 5.91 Å². The number of carbonyl (C=O) groups is 1. The van der Waals surface area contributed by atoms with E-state index in [1.807, 2.05) is 6.92 Å². The van der Waals surface area contributed by atoms with Crippen molar-refractivity contribution < 1.29 is 4.79 Å². The molecule has 88 valence electrons. The van der Waals surface area contributed by atoms with Gasteiger partial charge in [0, 0.05) is 11.8 Å². The first kappa shape index (κ1) is 12.8. The van der Waals surface area contributed by atoms with Gasteiger partial charge >= 0.3 is 0 Å². The molecule has 0 aliphatic heterocycles. The molecule has 3 nitrogen and oxygen atoms in total. The van der Waals surface area contributed by atoms with E-state index < -0.39 is 5.54 Å². The van der Waals surface area contributed by atoms with Gasteiger partial charge in [0.15, 0.2) is 0 Å². The maximum atomic E-state index is 11.4. The molecule has 1 rings (SSSR count). The van der Waals surface area contributed by atoms with Gasteiger partial charge in [-0.05, 0) is 31.4 Å². The SMILES string of the molecule is CC(C)CSCC(C)(NC1CC1)C(N)=O. The van der Waals surface area contributed by atoms with Gasteiger partial charge in [-0.25, -0.2) is 0 Å². The van der Waals surface area contributed by atoms with Gasteiger partial charge in [-0.15, -0.1) is 0 Å². The first-order valence-electron chi connectivity index (χ1n) is 5.59. The highest BCUT2D eigenvalue weighted by atomic mass is 32.2. The second-order valence-corrected chi connectivity index (χ2v) is 6.05. The molecular weight excluding hydrogens is 208 g/mol. The summed E-state index contributed by atoms with van der Waals surface area (Å²) >= 11 is 1.80. The Morgan fingerprint density at radius 3 is 2.60 bits per heavy atom. The van der Waals surface area contributed by atoms with Gasteiger partial charge in [-0.3, -0.25) is 4.79 Å². The van der Waals surface area contributed by atoms with Crippen molar-refractivity contribution in [2.24, 2.45) is 11.7 Å². The van der Waals surface area contributed by atoms with Gasteiger partial charge < -0.3 is 11.1 Å². The molecular formula is C11H22N2OS. The average molecular weight is 230 g/mol. The standard InChI is InChI=1S/C11H22N2OS/c1-8(2)6-15-7-11(3,10(12)14)13-9-4-5-9/h8-9,13H,4-7H2,1-3H3,(H2,12,14). The summed E-state index contributed by atoms with van der Waals surface area (Å²) in [6.07, 6.45) is 2.36. The lowest BCUT2D eigenvalue weighted by molar-refractivity contribution is -0.123. The Labute approximate surface area is 96.6 Å². The Balaban J connectivity index is 2.37. The predicted octanol–water partition coefficient (Wildman–Crippen LogP) is 1.37. The number of amides is 1. The number of thioether (sulfide) groups is 1. The Morgan fingerprint density at radius 2 is 2.20 bits per heavy atom. The van der Waals surface area contributed by atoms with E-state index in [4.69, 9.17) is 5.73 Å². The predicted molar refractivity (Wildman–Crippen MR) is 65.9 cm³/mol. The van der Waals surface area contributed by atoms with Crippen molar-refractivity contribution >= 4 is 17.7 Å². The fraction of sp³-hybridized carbons (Fsp3) is 0.909. The van der Waals surface area contributed by atoms with Crippen molar-refractivity contribution in [1.82, 2.24) is 5.32 Å². The Morgan fingerprint density at radius 1 is 1.60 bits per heavy atom. The maximum absolute atomic E-state index is 11.4. The summed E-state index contributed by atoms with van der Waals surface area (Å²) < 4.78 is 0. The second-order valence-electron chi connectivity index (χ2n) is 5.02. The molecule has 1 aliphatic rings. The van der Waals surface area contributed by atoms with Gasteiger partial charge in [-0.2, -0.15) is 11.8 Å². The van der Waals surface area contributed by atoms with Gasteiger partial charge in [0.25, 0.3) is 0 Å². The molecule has 0 spiro atoms. The lowest BCUT2D eigenvalue weighted by Gasteiger charge is -2.27. The van der Waals surface area contributed by atoms with Gasteiger partial charge in [-0.1, -0.05) is 13.8 Å². The number of hydrogen-bond acceptors (Lipinski definition) is 3. The quantitative estimate of drug-likeness (QED) is 0.694. The van der Waals surface area contributed by atoms with Gasteiger partial charge in [0.1, 0.15) is 5.54 Å². The zero-order valence-electron chi connectivity index (χ0n) is 9.88. The molecule has 1 unspecified atom stereocenters.